The molecule has 1 atom stereocenters. The van der Waals surface area contributed by atoms with Crippen LogP contribution < -0.4 is 19.7 Å². The molecule has 1 aromatic heterocycles. The summed E-state index contributed by atoms with van der Waals surface area (Å²) < 4.78 is 12.4. The van der Waals surface area contributed by atoms with Crippen LogP contribution in [0.5, 0.6) is 11.5 Å². The Balaban J connectivity index is 1.64. The van der Waals surface area contributed by atoms with Crippen molar-refractivity contribution in [3.8, 4) is 11.5 Å². The summed E-state index contributed by atoms with van der Waals surface area (Å²) in [6, 6.07) is 13.7. The summed E-state index contributed by atoms with van der Waals surface area (Å²) in [5, 5.41) is 7.00. The summed E-state index contributed by atoms with van der Waals surface area (Å²) in [5.74, 6) is 0.270. The van der Waals surface area contributed by atoms with Gasteiger partial charge in [0.1, 0.15) is 23.6 Å². The van der Waals surface area contributed by atoms with Gasteiger partial charge in [-0.3, -0.25) is 19.2 Å². The first kappa shape index (κ1) is 24.8. The van der Waals surface area contributed by atoms with Crippen LogP contribution in [0.3, 0.4) is 0 Å². The first-order chi connectivity index (χ1) is 17.3. The highest BCUT2D eigenvalue weighted by molar-refractivity contribution is 6.10. The van der Waals surface area contributed by atoms with Gasteiger partial charge in [0, 0.05) is 18.8 Å². The summed E-state index contributed by atoms with van der Waals surface area (Å²) in [7, 11) is 4.84. The van der Waals surface area contributed by atoms with Gasteiger partial charge in [0.25, 0.3) is 5.91 Å². The Labute approximate surface area is 209 Å². The highest BCUT2D eigenvalue weighted by Gasteiger charge is 2.51. The van der Waals surface area contributed by atoms with Crippen molar-refractivity contribution >= 4 is 23.5 Å². The highest BCUT2D eigenvalue weighted by Crippen LogP contribution is 2.33. The molecule has 1 aliphatic rings. The molecule has 188 valence electrons. The third kappa shape index (κ3) is 4.49. The number of urea groups is 1. The largest absolute Gasteiger partial charge is 0.497 e. The van der Waals surface area contributed by atoms with E-state index in [1.54, 1.807) is 68.7 Å². The van der Waals surface area contributed by atoms with Gasteiger partial charge in [-0.25, -0.2) is 4.79 Å². The maximum Gasteiger partial charge on any atom is 0.325 e. The van der Waals surface area contributed by atoms with Crippen LogP contribution >= 0.6 is 0 Å². The van der Waals surface area contributed by atoms with Crippen molar-refractivity contribution in [3.63, 3.8) is 0 Å². The number of benzene rings is 2. The van der Waals surface area contributed by atoms with E-state index >= 15 is 0 Å². The summed E-state index contributed by atoms with van der Waals surface area (Å²) in [6.07, 6.45) is 3.59. The van der Waals surface area contributed by atoms with Crippen molar-refractivity contribution in [2.75, 3.05) is 25.7 Å². The van der Waals surface area contributed by atoms with E-state index in [1.807, 2.05) is 25.1 Å². The van der Waals surface area contributed by atoms with Gasteiger partial charge in [0.05, 0.1) is 32.6 Å². The lowest BCUT2D eigenvalue weighted by molar-refractivity contribution is -0.134. The SMILES string of the molecule is CC[C@@]1(c2ccccc2)NC(=O)N(CC(=O)N(Cc2cc(OC)ccc2OC)c2cnn(C)c2)C1=O. The minimum absolute atomic E-state index is 0.117. The Hall–Kier alpha value is -4.34. The van der Waals surface area contributed by atoms with Crippen molar-refractivity contribution in [2.24, 2.45) is 7.05 Å². The number of hydrogen-bond acceptors (Lipinski definition) is 6. The number of carbonyl (C=O) groups is 3. The van der Waals surface area contributed by atoms with Crippen LogP contribution in [0.4, 0.5) is 10.5 Å². The number of nitrogens with one attached hydrogen (secondary N) is 1. The van der Waals surface area contributed by atoms with Gasteiger partial charge in [-0.15, -0.1) is 0 Å². The molecule has 10 heteroatoms. The number of anilines is 1. The van der Waals surface area contributed by atoms with E-state index in [2.05, 4.69) is 10.4 Å². The quantitative estimate of drug-likeness (QED) is 0.462. The number of methoxy groups -OCH3 is 2. The predicted octanol–water partition coefficient (Wildman–Crippen LogP) is 2.83. The smallest absolute Gasteiger partial charge is 0.325 e. The lowest BCUT2D eigenvalue weighted by Crippen LogP contribution is -2.45. The van der Waals surface area contributed by atoms with Gasteiger partial charge in [-0.1, -0.05) is 37.3 Å². The van der Waals surface area contributed by atoms with Crippen LogP contribution in [0, 0.1) is 0 Å². The standard InChI is InChI=1S/C26H29N5O5/c1-5-26(19-9-7-6-8-10-19)24(33)31(25(34)28-26)17-23(32)30(20-14-27-29(2)16-20)15-18-13-21(35-3)11-12-22(18)36-4/h6-14,16H,5,15,17H2,1-4H3,(H,28,34)/t26-/m0/s1. The van der Waals surface area contributed by atoms with E-state index in [4.69, 9.17) is 9.47 Å². The van der Waals surface area contributed by atoms with Gasteiger partial charge in [0.15, 0.2) is 0 Å². The molecule has 2 aromatic carbocycles. The average Bonchev–Trinajstić information content (AvgIpc) is 3.43. The molecular weight excluding hydrogens is 462 g/mol. The monoisotopic (exact) mass is 491 g/mol. The molecule has 4 rings (SSSR count). The zero-order valence-corrected chi connectivity index (χ0v) is 20.7. The Bertz CT molecular complexity index is 1270. The predicted molar refractivity (Wildman–Crippen MR) is 133 cm³/mol. The fraction of sp³-hybridized carbons (Fsp3) is 0.308. The summed E-state index contributed by atoms with van der Waals surface area (Å²) in [4.78, 5) is 42.6. The number of amides is 4. The number of nitrogens with zero attached hydrogens (tertiary/aromatic N) is 4. The molecule has 1 fully saturated rings. The maximum absolute atomic E-state index is 13.6. The maximum atomic E-state index is 13.6. The first-order valence-corrected chi connectivity index (χ1v) is 11.5. The molecule has 0 saturated carbocycles. The van der Waals surface area contributed by atoms with Crippen LogP contribution in [-0.4, -0.2) is 53.3 Å². The normalized spacial score (nSPS) is 17.2. The molecule has 1 aliphatic heterocycles. The van der Waals surface area contributed by atoms with E-state index < -0.39 is 29.9 Å². The third-order valence-electron chi connectivity index (χ3n) is 6.39. The fourth-order valence-corrected chi connectivity index (χ4v) is 4.40. The van der Waals surface area contributed by atoms with Crippen LogP contribution in [0.25, 0.3) is 0 Å². The number of carbonyl (C=O) groups excluding carboxylic acids is 3. The molecule has 0 aliphatic carbocycles. The summed E-state index contributed by atoms with van der Waals surface area (Å²) >= 11 is 0. The zero-order chi connectivity index (χ0) is 25.9. The van der Waals surface area contributed by atoms with Crippen LogP contribution in [-0.2, 0) is 28.7 Å². The van der Waals surface area contributed by atoms with E-state index in [0.717, 1.165) is 4.90 Å². The van der Waals surface area contributed by atoms with Gasteiger partial charge >= 0.3 is 6.03 Å². The molecule has 36 heavy (non-hydrogen) atoms. The van der Waals surface area contributed by atoms with Crippen molar-refractivity contribution in [2.45, 2.75) is 25.4 Å². The second-order valence-corrected chi connectivity index (χ2v) is 8.48. The van der Waals surface area contributed by atoms with E-state index in [-0.39, 0.29) is 6.54 Å². The molecule has 0 bridgehead atoms. The molecule has 3 aromatic rings. The Morgan fingerprint density at radius 1 is 1.11 bits per heavy atom. The molecule has 0 unspecified atom stereocenters. The summed E-state index contributed by atoms with van der Waals surface area (Å²) in [5.41, 5.74) is 0.669. The zero-order valence-electron chi connectivity index (χ0n) is 20.7. The van der Waals surface area contributed by atoms with E-state index in [1.165, 1.54) is 4.90 Å². The van der Waals surface area contributed by atoms with Gasteiger partial charge in [0.2, 0.25) is 5.91 Å². The number of imide groups is 1. The van der Waals surface area contributed by atoms with Crippen molar-refractivity contribution < 1.29 is 23.9 Å². The molecule has 1 N–H and O–H groups in total. The Morgan fingerprint density at radius 3 is 2.47 bits per heavy atom. The number of rotatable bonds is 9. The van der Waals surface area contributed by atoms with Crippen LogP contribution in [0.1, 0.15) is 24.5 Å². The number of aryl methyl sites for hydroxylation is 1. The lowest BCUT2D eigenvalue weighted by atomic mass is 9.87. The topological polar surface area (TPSA) is 106 Å². The molecule has 10 nitrogen and oxygen atoms in total. The van der Waals surface area contributed by atoms with Crippen molar-refractivity contribution in [3.05, 3.63) is 72.1 Å². The third-order valence-corrected chi connectivity index (χ3v) is 6.39. The van der Waals surface area contributed by atoms with Gasteiger partial charge in [-0.2, -0.15) is 5.10 Å². The number of hydrogen-bond donors (Lipinski definition) is 1. The van der Waals surface area contributed by atoms with Gasteiger partial charge < -0.3 is 19.7 Å². The van der Waals surface area contributed by atoms with Gasteiger partial charge in [-0.05, 0) is 30.2 Å². The second kappa shape index (κ2) is 10.1. The van der Waals surface area contributed by atoms with E-state index in [0.29, 0.717) is 34.7 Å². The highest BCUT2D eigenvalue weighted by atomic mass is 16.5. The van der Waals surface area contributed by atoms with Crippen LogP contribution in [0.2, 0.25) is 0 Å². The molecular formula is C26H29N5O5. The number of ether oxygens (including phenoxy) is 2. The van der Waals surface area contributed by atoms with Crippen molar-refractivity contribution in [1.82, 2.24) is 20.0 Å². The van der Waals surface area contributed by atoms with Crippen LogP contribution in [0.15, 0.2) is 60.9 Å². The molecule has 0 radical (unpaired) electrons. The van der Waals surface area contributed by atoms with Crippen molar-refractivity contribution in [1.29, 1.82) is 0 Å². The molecule has 0 spiro atoms. The minimum Gasteiger partial charge on any atom is -0.497 e. The van der Waals surface area contributed by atoms with E-state index in [9.17, 15) is 14.4 Å². The average molecular weight is 492 g/mol. The Kier molecular flexibility index (Phi) is 6.96. The first-order valence-electron chi connectivity index (χ1n) is 11.5. The Morgan fingerprint density at radius 2 is 1.86 bits per heavy atom. The molecule has 4 amide bonds. The minimum atomic E-state index is -1.21. The fourth-order valence-electron chi connectivity index (χ4n) is 4.40. The number of aromatic nitrogens is 2. The molecule has 2 heterocycles. The second-order valence-electron chi connectivity index (χ2n) is 8.48. The molecule has 1 saturated heterocycles. The lowest BCUT2D eigenvalue weighted by Gasteiger charge is -2.27. The summed E-state index contributed by atoms with van der Waals surface area (Å²) in [6.45, 7) is 1.51.